The summed E-state index contributed by atoms with van der Waals surface area (Å²) in [4.78, 5) is 25.5. The van der Waals surface area contributed by atoms with Crippen molar-refractivity contribution in [1.82, 2.24) is 5.32 Å². The zero-order chi connectivity index (χ0) is 14.7. The molecule has 2 rings (SSSR count). The quantitative estimate of drug-likeness (QED) is 0.869. The van der Waals surface area contributed by atoms with E-state index in [-0.39, 0.29) is 18.0 Å². The topological polar surface area (TPSA) is 75.4 Å². The predicted octanol–water partition coefficient (Wildman–Crippen LogP) is 1.28. The van der Waals surface area contributed by atoms with Crippen molar-refractivity contribution < 1.29 is 9.59 Å². The molecule has 1 fully saturated rings. The largest absolute Gasteiger partial charge is 0.366 e. The summed E-state index contributed by atoms with van der Waals surface area (Å²) < 4.78 is 0. The predicted molar refractivity (Wildman–Crippen MR) is 78.6 cm³/mol. The summed E-state index contributed by atoms with van der Waals surface area (Å²) in [5.74, 6) is -0.417. The van der Waals surface area contributed by atoms with Crippen LogP contribution in [0.1, 0.15) is 37.0 Å². The summed E-state index contributed by atoms with van der Waals surface area (Å²) in [6.07, 6.45) is 1.79. The molecule has 1 aliphatic rings. The molecule has 5 nitrogen and oxygen atoms in total. The van der Waals surface area contributed by atoms with Crippen molar-refractivity contribution in [1.29, 1.82) is 0 Å². The van der Waals surface area contributed by atoms with Crippen LogP contribution < -0.4 is 16.0 Å². The highest BCUT2D eigenvalue weighted by molar-refractivity contribution is 6.00. The lowest BCUT2D eigenvalue weighted by Crippen LogP contribution is -2.52. The third kappa shape index (κ3) is 3.17. The van der Waals surface area contributed by atoms with Gasteiger partial charge in [-0.15, -0.1) is 0 Å². The third-order valence-corrected chi connectivity index (χ3v) is 3.42. The fourth-order valence-electron chi connectivity index (χ4n) is 2.52. The molecular weight excluding hydrogens is 254 g/mol. The van der Waals surface area contributed by atoms with Gasteiger partial charge < -0.3 is 16.0 Å². The number of hydrogen-bond donors (Lipinski definition) is 2. The Balaban J connectivity index is 2.21. The highest BCUT2D eigenvalue weighted by Gasteiger charge is 2.29. The molecule has 0 saturated carbocycles. The SMILES string of the molecule is CC(C)NC1CCCN(c2cccc(C(N)=O)c2)C1=O. The zero-order valence-corrected chi connectivity index (χ0v) is 11.9. The molecule has 20 heavy (non-hydrogen) atoms. The minimum Gasteiger partial charge on any atom is -0.366 e. The van der Waals surface area contributed by atoms with Crippen molar-refractivity contribution in [2.45, 2.75) is 38.8 Å². The highest BCUT2D eigenvalue weighted by Crippen LogP contribution is 2.22. The first kappa shape index (κ1) is 14.5. The van der Waals surface area contributed by atoms with Crippen LogP contribution in [-0.2, 0) is 4.79 Å². The second-order valence-corrected chi connectivity index (χ2v) is 5.42. The zero-order valence-electron chi connectivity index (χ0n) is 11.9. The van der Waals surface area contributed by atoms with Crippen LogP contribution in [-0.4, -0.2) is 30.4 Å². The standard InChI is InChI=1S/C15H21N3O2/c1-10(2)17-13-7-4-8-18(15(13)20)12-6-3-5-11(9-12)14(16)19/h3,5-6,9-10,13,17H,4,7-8H2,1-2H3,(H2,16,19). The van der Waals surface area contributed by atoms with Gasteiger partial charge in [0.2, 0.25) is 11.8 Å². The van der Waals surface area contributed by atoms with Gasteiger partial charge in [-0.05, 0) is 31.0 Å². The van der Waals surface area contributed by atoms with Crippen molar-refractivity contribution in [2.75, 3.05) is 11.4 Å². The molecule has 1 unspecified atom stereocenters. The van der Waals surface area contributed by atoms with Crippen LogP contribution in [0.5, 0.6) is 0 Å². The number of carbonyl (C=O) groups is 2. The molecule has 3 N–H and O–H groups in total. The fourth-order valence-corrected chi connectivity index (χ4v) is 2.52. The Hall–Kier alpha value is -1.88. The van der Waals surface area contributed by atoms with E-state index in [1.807, 2.05) is 19.9 Å². The van der Waals surface area contributed by atoms with Gasteiger partial charge in [-0.1, -0.05) is 19.9 Å². The van der Waals surface area contributed by atoms with Crippen molar-refractivity contribution in [3.05, 3.63) is 29.8 Å². The van der Waals surface area contributed by atoms with Gasteiger partial charge in [0.05, 0.1) is 6.04 Å². The average Bonchev–Trinajstić information content (AvgIpc) is 2.41. The Bertz CT molecular complexity index is 514. The number of primary amides is 1. The van der Waals surface area contributed by atoms with E-state index >= 15 is 0 Å². The summed E-state index contributed by atoms with van der Waals surface area (Å²) >= 11 is 0. The molecule has 5 heteroatoms. The molecule has 1 saturated heterocycles. The molecule has 1 heterocycles. The lowest BCUT2D eigenvalue weighted by atomic mass is 10.0. The lowest BCUT2D eigenvalue weighted by molar-refractivity contribution is -0.121. The van der Waals surface area contributed by atoms with E-state index in [0.29, 0.717) is 12.1 Å². The summed E-state index contributed by atoms with van der Waals surface area (Å²) in [6, 6.07) is 7.04. The van der Waals surface area contributed by atoms with E-state index in [9.17, 15) is 9.59 Å². The molecule has 1 atom stereocenters. The Kier molecular flexibility index (Phi) is 4.39. The first-order valence-electron chi connectivity index (χ1n) is 6.96. The van der Waals surface area contributed by atoms with Gasteiger partial charge in [-0.2, -0.15) is 0 Å². The number of rotatable bonds is 4. The molecule has 0 aliphatic carbocycles. The van der Waals surface area contributed by atoms with Gasteiger partial charge in [0, 0.05) is 23.8 Å². The van der Waals surface area contributed by atoms with Crippen LogP contribution in [0.3, 0.4) is 0 Å². The van der Waals surface area contributed by atoms with Crippen LogP contribution >= 0.6 is 0 Å². The maximum atomic E-state index is 12.5. The maximum Gasteiger partial charge on any atom is 0.248 e. The third-order valence-electron chi connectivity index (χ3n) is 3.42. The number of nitrogens with zero attached hydrogens (tertiary/aromatic N) is 1. The van der Waals surface area contributed by atoms with E-state index in [0.717, 1.165) is 18.5 Å². The minimum atomic E-state index is -0.479. The molecular formula is C15H21N3O2. The van der Waals surface area contributed by atoms with Crippen LogP contribution in [0.15, 0.2) is 24.3 Å². The van der Waals surface area contributed by atoms with Gasteiger partial charge in [0.15, 0.2) is 0 Å². The van der Waals surface area contributed by atoms with Gasteiger partial charge in [-0.3, -0.25) is 9.59 Å². The number of hydrogen-bond acceptors (Lipinski definition) is 3. The number of piperidine rings is 1. The normalized spacial score (nSPS) is 19.4. The second-order valence-electron chi connectivity index (χ2n) is 5.42. The Labute approximate surface area is 119 Å². The minimum absolute atomic E-state index is 0.0616. The number of amides is 2. The summed E-state index contributed by atoms with van der Waals surface area (Å²) in [5, 5.41) is 3.29. The van der Waals surface area contributed by atoms with E-state index in [2.05, 4.69) is 5.32 Å². The maximum absolute atomic E-state index is 12.5. The highest BCUT2D eigenvalue weighted by atomic mass is 16.2. The monoisotopic (exact) mass is 275 g/mol. The molecule has 1 aromatic rings. The first-order chi connectivity index (χ1) is 9.49. The summed E-state index contributed by atoms with van der Waals surface area (Å²) in [5.41, 5.74) is 6.45. The molecule has 108 valence electrons. The Morgan fingerprint density at radius 3 is 2.85 bits per heavy atom. The first-order valence-corrected chi connectivity index (χ1v) is 6.96. The van der Waals surface area contributed by atoms with E-state index < -0.39 is 5.91 Å². The van der Waals surface area contributed by atoms with Crippen LogP contribution in [0.25, 0.3) is 0 Å². The van der Waals surface area contributed by atoms with Crippen molar-refractivity contribution in [3.63, 3.8) is 0 Å². The second kappa shape index (κ2) is 6.05. The van der Waals surface area contributed by atoms with Gasteiger partial charge in [0.1, 0.15) is 0 Å². The van der Waals surface area contributed by atoms with E-state index in [4.69, 9.17) is 5.73 Å². The molecule has 0 bridgehead atoms. The van der Waals surface area contributed by atoms with Crippen molar-refractivity contribution >= 4 is 17.5 Å². The number of carbonyl (C=O) groups excluding carboxylic acids is 2. The number of benzene rings is 1. The summed E-state index contributed by atoms with van der Waals surface area (Å²) in [7, 11) is 0. The summed E-state index contributed by atoms with van der Waals surface area (Å²) in [6.45, 7) is 4.73. The number of anilines is 1. The smallest absolute Gasteiger partial charge is 0.248 e. The molecule has 2 amide bonds. The van der Waals surface area contributed by atoms with Crippen molar-refractivity contribution in [2.24, 2.45) is 5.73 Å². The Morgan fingerprint density at radius 2 is 2.20 bits per heavy atom. The Morgan fingerprint density at radius 1 is 1.45 bits per heavy atom. The molecule has 1 aliphatic heterocycles. The van der Waals surface area contributed by atoms with Gasteiger partial charge >= 0.3 is 0 Å². The van der Waals surface area contributed by atoms with E-state index in [1.54, 1.807) is 23.1 Å². The van der Waals surface area contributed by atoms with Gasteiger partial charge in [-0.25, -0.2) is 0 Å². The molecule has 0 spiro atoms. The number of nitrogens with two attached hydrogens (primary N) is 1. The van der Waals surface area contributed by atoms with Crippen molar-refractivity contribution in [3.8, 4) is 0 Å². The molecule has 0 aromatic heterocycles. The fraction of sp³-hybridized carbons (Fsp3) is 0.467. The number of nitrogens with one attached hydrogen (secondary N) is 1. The van der Waals surface area contributed by atoms with E-state index in [1.165, 1.54) is 0 Å². The van der Waals surface area contributed by atoms with Crippen LogP contribution in [0.4, 0.5) is 5.69 Å². The van der Waals surface area contributed by atoms with Crippen LogP contribution in [0, 0.1) is 0 Å². The molecule has 1 aromatic carbocycles. The average molecular weight is 275 g/mol. The molecule has 0 radical (unpaired) electrons. The van der Waals surface area contributed by atoms with Gasteiger partial charge in [0.25, 0.3) is 0 Å². The van der Waals surface area contributed by atoms with Crippen LogP contribution in [0.2, 0.25) is 0 Å². The lowest BCUT2D eigenvalue weighted by Gasteiger charge is -2.33.